The van der Waals surface area contributed by atoms with E-state index in [0.29, 0.717) is 22.8 Å². The van der Waals surface area contributed by atoms with E-state index in [0.717, 1.165) is 60.8 Å². The van der Waals surface area contributed by atoms with Gasteiger partial charge in [0, 0.05) is 49.9 Å². The number of benzene rings is 2. The van der Waals surface area contributed by atoms with Crippen LogP contribution in [0.5, 0.6) is 0 Å². The Labute approximate surface area is 310 Å². The van der Waals surface area contributed by atoms with E-state index in [4.69, 9.17) is 28.9 Å². The number of fused-ring (bicyclic) bond motifs is 2. The van der Waals surface area contributed by atoms with Gasteiger partial charge in [0.1, 0.15) is 23.0 Å². The zero-order chi connectivity index (χ0) is 36.5. The van der Waals surface area contributed by atoms with Crippen molar-refractivity contribution in [3.8, 4) is 0 Å². The molecule has 2 aromatic heterocycles. The molecule has 0 aliphatic heterocycles. The Kier molecular flexibility index (Phi) is 12.9. The summed E-state index contributed by atoms with van der Waals surface area (Å²) < 4.78 is 45.5. The molecule has 276 valence electrons. The number of hydrogen-bond acceptors (Lipinski definition) is 4. The van der Waals surface area contributed by atoms with Gasteiger partial charge in [-0.15, -0.1) is 0 Å². The first kappa shape index (κ1) is 40.2. The van der Waals surface area contributed by atoms with Crippen LogP contribution < -0.4 is 21.1 Å². The van der Waals surface area contributed by atoms with Crippen molar-refractivity contribution in [2.75, 3.05) is 10.6 Å². The minimum atomic E-state index is -1.20. The fraction of sp³-hybridized carbons (Fsp3) is 0.405. The second-order valence-electron chi connectivity index (χ2n) is 13.7. The smallest absolute Gasteiger partial charge is 0.272 e. The van der Waals surface area contributed by atoms with Crippen LogP contribution in [0.2, 0.25) is 10.0 Å². The monoisotopic (exact) mass is 762 g/mol. The molecule has 5 N–H and O–H groups in total. The van der Waals surface area contributed by atoms with Crippen LogP contribution in [0.25, 0.3) is 0 Å². The molecule has 0 radical (unpaired) electrons. The van der Waals surface area contributed by atoms with Gasteiger partial charge in [-0.1, -0.05) is 30.6 Å². The van der Waals surface area contributed by atoms with Crippen molar-refractivity contribution in [2.45, 2.75) is 83.6 Å². The maximum Gasteiger partial charge on any atom is 0.272 e. The van der Waals surface area contributed by atoms with Gasteiger partial charge in [0.2, 0.25) is 0 Å². The van der Waals surface area contributed by atoms with Crippen molar-refractivity contribution in [3.05, 3.63) is 104 Å². The lowest BCUT2D eigenvalue weighted by Crippen LogP contribution is -2.36. The van der Waals surface area contributed by atoms with Crippen molar-refractivity contribution >= 4 is 57.4 Å². The molecule has 4 aromatic rings. The predicted molar refractivity (Wildman–Crippen MR) is 203 cm³/mol. The van der Waals surface area contributed by atoms with E-state index in [-0.39, 0.29) is 46.1 Å². The van der Waals surface area contributed by atoms with E-state index in [9.17, 15) is 22.6 Å². The summed E-state index contributed by atoms with van der Waals surface area (Å²) in [6.45, 7) is 5.78. The topological polar surface area (TPSA) is 123 Å². The lowest BCUT2D eigenvalue weighted by atomic mass is 9.90. The molecule has 14 heteroatoms. The van der Waals surface area contributed by atoms with E-state index in [1.807, 2.05) is 47.3 Å². The number of halogens is 4. The third-order valence-corrected chi connectivity index (χ3v) is 11.1. The predicted octanol–water partition coefficient (Wildman–Crippen LogP) is 8.54. The quantitative estimate of drug-likeness (QED) is 0.157. The molecule has 0 fully saturated rings. The summed E-state index contributed by atoms with van der Waals surface area (Å²) in [6, 6.07) is 8.13. The molecule has 3 atom stereocenters. The van der Waals surface area contributed by atoms with Crippen molar-refractivity contribution in [3.63, 3.8) is 0 Å². The number of nitrogens with zero attached hydrogens (tertiary/aromatic N) is 2. The average molecular weight is 764 g/mol. The highest BCUT2D eigenvalue weighted by molar-refractivity contribution is 7.84. The summed E-state index contributed by atoms with van der Waals surface area (Å²) in [7, 11) is 2.46. The number of amides is 2. The Bertz CT molecular complexity index is 1950. The molecular formula is C37H46Cl2F2N6O3S. The van der Waals surface area contributed by atoms with E-state index >= 15 is 0 Å². The Morgan fingerprint density at radius 2 is 1.27 bits per heavy atom. The lowest BCUT2D eigenvalue weighted by molar-refractivity contribution is 0.101. The normalized spacial score (nSPS) is 17.2. The van der Waals surface area contributed by atoms with Crippen LogP contribution in [-0.4, -0.2) is 29.9 Å². The number of carbonyl (C=O) groups excluding carboxylic acids is 2. The molecule has 2 unspecified atom stereocenters. The van der Waals surface area contributed by atoms with Crippen LogP contribution in [0.15, 0.2) is 48.8 Å². The van der Waals surface area contributed by atoms with Gasteiger partial charge in [-0.05, 0) is 118 Å². The molecule has 9 nitrogen and oxygen atoms in total. The maximum atomic E-state index is 13.3. The van der Waals surface area contributed by atoms with Gasteiger partial charge in [0.15, 0.2) is 0 Å². The van der Waals surface area contributed by atoms with Crippen molar-refractivity contribution in [2.24, 2.45) is 19.8 Å². The summed E-state index contributed by atoms with van der Waals surface area (Å²) in [5.74, 6) is -1.55. The summed E-state index contributed by atoms with van der Waals surface area (Å²) >= 11 is 11.5. The van der Waals surface area contributed by atoms with Crippen LogP contribution in [-0.2, 0) is 37.9 Å². The van der Waals surface area contributed by atoms with Crippen LogP contribution in [0.4, 0.5) is 20.2 Å². The van der Waals surface area contributed by atoms with Crippen molar-refractivity contribution in [1.82, 2.24) is 13.9 Å². The fourth-order valence-electron chi connectivity index (χ4n) is 6.39. The zero-order valence-corrected chi connectivity index (χ0v) is 31.0. The Morgan fingerprint density at radius 1 is 0.824 bits per heavy atom. The van der Waals surface area contributed by atoms with E-state index < -0.39 is 22.6 Å². The molecule has 2 aliphatic carbocycles. The first-order chi connectivity index (χ1) is 23.5. The second-order valence-corrected chi connectivity index (χ2v) is 16.5. The number of rotatable bonds is 6. The van der Waals surface area contributed by atoms with Gasteiger partial charge in [-0.2, -0.15) is 0 Å². The second kappa shape index (κ2) is 16.4. The molecule has 0 bridgehead atoms. The number of nitrogens with one attached hydrogen (secondary N) is 3. The molecule has 6 rings (SSSR count). The number of hydrogen-bond donors (Lipinski definition) is 4. The first-order valence-corrected chi connectivity index (χ1v) is 18.3. The van der Waals surface area contributed by atoms with E-state index in [1.165, 1.54) is 36.4 Å². The Balaban J connectivity index is 0.000000230. The lowest BCUT2D eigenvalue weighted by Gasteiger charge is -2.27. The minimum absolute atomic E-state index is 0. The molecule has 51 heavy (non-hydrogen) atoms. The van der Waals surface area contributed by atoms with Crippen molar-refractivity contribution < 1.29 is 22.6 Å². The zero-order valence-electron chi connectivity index (χ0n) is 28.6. The van der Waals surface area contributed by atoms with Crippen LogP contribution >= 0.6 is 23.2 Å². The summed E-state index contributed by atoms with van der Waals surface area (Å²) in [4.78, 5) is 25.5. The molecule has 0 saturated heterocycles. The molecule has 2 aromatic carbocycles. The highest BCUT2D eigenvalue weighted by Gasteiger charge is 2.31. The standard InChI is InChI=1S/C20H25ClFN3O2S.C16H17ClFN3O.CH4/c1-20(2,3)28(27)24-17-7-5-6-13-14(17)11-25(4)18(13)19(26)23-12-8-9-16(22)15(21)10-12;1-21-8-11-10(3-2-4-14(11)19)15(21)16(22)20-9-5-6-13(18)12(17)7-9;/h8-11,17,24H,5-7H2,1-4H3,(H,23,26);5-8,14H,2-4,19H2,1H3,(H,20,22);1H4/t17?,28-;;/m1../s1. The summed E-state index contributed by atoms with van der Waals surface area (Å²) in [5, 5.41) is 5.50. The Hall–Kier alpha value is -3.55. The summed E-state index contributed by atoms with van der Waals surface area (Å²) in [6.07, 6.45) is 9.16. The number of nitrogens with two attached hydrogens (primary N) is 1. The SMILES string of the molecule is C.Cn1cc2c(c1C(=O)Nc1ccc(F)c(Cl)c1)CCCC2N.Cn1cc2c(c1C(=O)Nc1ccc(F)c(Cl)c1)CCCC2N[S@](=O)C(C)(C)C. The Morgan fingerprint density at radius 3 is 1.75 bits per heavy atom. The van der Waals surface area contributed by atoms with Crippen LogP contribution in [0.1, 0.15) is 109 Å². The van der Waals surface area contributed by atoms with Gasteiger partial charge in [0.25, 0.3) is 11.8 Å². The average Bonchev–Trinajstić information content (AvgIpc) is 3.57. The van der Waals surface area contributed by atoms with E-state index in [2.05, 4.69) is 15.4 Å². The molecule has 0 saturated carbocycles. The molecule has 0 spiro atoms. The van der Waals surface area contributed by atoms with Crippen LogP contribution in [0, 0.1) is 11.6 Å². The highest BCUT2D eigenvalue weighted by atomic mass is 35.5. The molecule has 2 heterocycles. The number of anilines is 2. The molecule has 2 amide bonds. The van der Waals surface area contributed by atoms with Gasteiger partial charge in [-0.3, -0.25) is 9.59 Å². The highest BCUT2D eigenvalue weighted by Crippen LogP contribution is 2.35. The number of carbonyl (C=O) groups is 2. The third kappa shape index (κ3) is 9.10. The van der Waals surface area contributed by atoms with Crippen molar-refractivity contribution in [1.29, 1.82) is 0 Å². The number of aryl methyl sites for hydroxylation is 2. The van der Waals surface area contributed by atoms with E-state index in [1.54, 1.807) is 9.13 Å². The minimum Gasteiger partial charge on any atom is -0.346 e. The first-order valence-electron chi connectivity index (χ1n) is 16.4. The largest absolute Gasteiger partial charge is 0.346 e. The molecule has 2 aliphatic rings. The van der Waals surface area contributed by atoms with Gasteiger partial charge in [0.05, 0.1) is 25.8 Å². The van der Waals surface area contributed by atoms with Gasteiger partial charge in [-0.25, -0.2) is 17.7 Å². The van der Waals surface area contributed by atoms with Gasteiger partial charge < -0.3 is 25.5 Å². The summed E-state index contributed by atoms with van der Waals surface area (Å²) in [5.41, 5.74) is 12.2. The maximum absolute atomic E-state index is 13.3. The third-order valence-electron chi connectivity index (χ3n) is 8.87. The number of aromatic nitrogens is 2. The fourth-order valence-corrected chi connectivity index (χ4v) is 7.61. The van der Waals surface area contributed by atoms with Gasteiger partial charge >= 0.3 is 0 Å². The molecular weight excluding hydrogens is 717 g/mol. The van der Waals surface area contributed by atoms with Crippen LogP contribution in [0.3, 0.4) is 0 Å².